The fourth-order valence-electron chi connectivity index (χ4n) is 3.43. The molecular formula is C23H28N2O2. The topological polar surface area (TPSA) is 58.2 Å². The average Bonchev–Trinajstić information content (AvgIpc) is 3.43. The van der Waals surface area contributed by atoms with Crippen LogP contribution in [0.15, 0.2) is 42.5 Å². The van der Waals surface area contributed by atoms with Gasteiger partial charge in [-0.25, -0.2) is 0 Å². The van der Waals surface area contributed by atoms with Gasteiger partial charge in [-0.05, 0) is 49.3 Å². The normalized spacial score (nSPS) is 14.7. The Balaban J connectivity index is 1.70. The lowest BCUT2D eigenvalue weighted by Crippen LogP contribution is -2.40. The number of amides is 2. The monoisotopic (exact) mass is 364 g/mol. The standard InChI is InChI=1S/C23H28N2O2/c1-15(2)19-10-6-8-17(4)20(19)25-22(27)23(11-12-23)21(26)24-14-18-9-5-7-16(3)13-18/h5-10,13,15H,11-12,14H2,1-4H3,(H,24,26)(H,25,27). The third kappa shape index (κ3) is 4.05. The van der Waals surface area contributed by atoms with Crippen molar-refractivity contribution >= 4 is 17.5 Å². The SMILES string of the molecule is Cc1cccc(CNC(=O)C2(C(=O)Nc3c(C)cccc3C(C)C)CC2)c1. The Bertz CT molecular complexity index is 866. The van der Waals surface area contributed by atoms with Crippen LogP contribution in [0.5, 0.6) is 0 Å². The van der Waals surface area contributed by atoms with Crippen LogP contribution in [0.4, 0.5) is 5.69 Å². The van der Waals surface area contributed by atoms with Crippen molar-refractivity contribution in [1.82, 2.24) is 5.32 Å². The van der Waals surface area contributed by atoms with Gasteiger partial charge in [0.15, 0.2) is 0 Å². The molecule has 142 valence electrons. The highest BCUT2D eigenvalue weighted by Crippen LogP contribution is 2.47. The number of anilines is 1. The van der Waals surface area contributed by atoms with Crippen molar-refractivity contribution in [3.8, 4) is 0 Å². The van der Waals surface area contributed by atoms with Gasteiger partial charge in [-0.2, -0.15) is 0 Å². The van der Waals surface area contributed by atoms with E-state index in [0.717, 1.165) is 27.9 Å². The van der Waals surface area contributed by atoms with E-state index in [1.165, 1.54) is 0 Å². The summed E-state index contributed by atoms with van der Waals surface area (Å²) >= 11 is 0. The van der Waals surface area contributed by atoms with E-state index in [9.17, 15) is 9.59 Å². The van der Waals surface area contributed by atoms with E-state index in [0.29, 0.717) is 25.3 Å². The zero-order valence-electron chi connectivity index (χ0n) is 16.6. The van der Waals surface area contributed by atoms with Crippen LogP contribution >= 0.6 is 0 Å². The molecule has 4 heteroatoms. The number of benzene rings is 2. The second kappa shape index (κ2) is 7.55. The minimum atomic E-state index is -0.930. The molecule has 0 aliphatic heterocycles. The van der Waals surface area contributed by atoms with E-state index in [1.54, 1.807) is 0 Å². The van der Waals surface area contributed by atoms with Crippen molar-refractivity contribution in [3.63, 3.8) is 0 Å². The first kappa shape index (κ1) is 19.2. The molecule has 4 nitrogen and oxygen atoms in total. The van der Waals surface area contributed by atoms with E-state index < -0.39 is 5.41 Å². The molecule has 0 heterocycles. The van der Waals surface area contributed by atoms with Crippen molar-refractivity contribution in [2.75, 3.05) is 5.32 Å². The van der Waals surface area contributed by atoms with Gasteiger partial charge in [-0.15, -0.1) is 0 Å². The Labute approximate surface area is 161 Å². The van der Waals surface area contributed by atoms with Gasteiger partial charge in [0, 0.05) is 12.2 Å². The zero-order chi connectivity index (χ0) is 19.6. The van der Waals surface area contributed by atoms with Gasteiger partial charge in [0.25, 0.3) is 0 Å². The van der Waals surface area contributed by atoms with Gasteiger partial charge >= 0.3 is 0 Å². The average molecular weight is 364 g/mol. The van der Waals surface area contributed by atoms with Crippen LogP contribution in [0.1, 0.15) is 54.9 Å². The predicted octanol–water partition coefficient (Wildman–Crippen LogP) is 4.46. The Morgan fingerprint density at radius 2 is 1.74 bits per heavy atom. The molecule has 0 spiro atoms. The van der Waals surface area contributed by atoms with Crippen molar-refractivity contribution in [2.24, 2.45) is 5.41 Å². The Kier molecular flexibility index (Phi) is 5.36. The second-order valence-electron chi connectivity index (χ2n) is 7.90. The fourth-order valence-corrected chi connectivity index (χ4v) is 3.43. The lowest BCUT2D eigenvalue weighted by atomic mass is 9.97. The van der Waals surface area contributed by atoms with Crippen LogP contribution in [0.25, 0.3) is 0 Å². The van der Waals surface area contributed by atoms with Crippen LogP contribution in [0.3, 0.4) is 0 Å². The first-order valence-corrected chi connectivity index (χ1v) is 9.58. The number of rotatable bonds is 6. The largest absolute Gasteiger partial charge is 0.351 e. The molecule has 1 fully saturated rings. The maximum atomic E-state index is 13.0. The van der Waals surface area contributed by atoms with Gasteiger partial charge in [0.2, 0.25) is 11.8 Å². The molecule has 3 rings (SSSR count). The van der Waals surface area contributed by atoms with Gasteiger partial charge in [-0.3, -0.25) is 9.59 Å². The number of hydrogen-bond acceptors (Lipinski definition) is 2. The lowest BCUT2D eigenvalue weighted by molar-refractivity contribution is -0.134. The quantitative estimate of drug-likeness (QED) is 0.744. The summed E-state index contributed by atoms with van der Waals surface area (Å²) in [5.74, 6) is -0.0767. The number of hydrogen-bond donors (Lipinski definition) is 2. The van der Waals surface area contributed by atoms with E-state index in [1.807, 2.05) is 56.3 Å². The number of para-hydroxylation sites is 1. The zero-order valence-corrected chi connectivity index (χ0v) is 16.6. The minimum Gasteiger partial charge on any atom is -0.351 e. The molecule has 0 atom stereocenters. The fraction of sp³-hybridized carbons (Fsp3) is 0.391. The molecule has 1 aliphatic carbocycles. The molecule has 2 aromatic rings. The molecule has 2 aromatic carbocycles. The molecule has 2 N–H and O–H groups in total. The summed E-state index contributed by atoms with van der Waals surface area (Å²) in [6, 6.07) is 14.0. The lowest BCUT2D eigenvalue weighted by Gasteiger charge is -2.20. The molecule has 0 saturated heterocycles. The van der Waals surface area contributed by atoms with Crippen LogP contribution in [0, 0.1) is 19.3 Å². The number of aryl methyl sites for hydroxylation is 2. The number of nitrogens with one attached hydrogen (secondary N) is 2. The highest BCUT2D eigenvalue weighted by Gasteiger charge is 2.56. The van der Waals surface area contributed by atoms with Gasteiger partial charge in [0.1, 0.15) is 5.41 Å². The predicted molar refractivity (Wildman–Crippen MR) is 109 cm³/mol. The number of carbonyl (C=O) groups excluding carboxylic acids is 2. The van der Waals surface area contributed by atoms with Crippen LogP contribution < -0.4 is 10.6 Å². The molecule has 1 aliphatic rings. The number of carbonyl (C=O) groups is 2. The smallest absolute Gasteiger partial charge is 0.240 e. The van der Waals surface area contributed by atoms with Crippen molar-refractivity contribution in [2.45, 2.75) is 53.0 Å². The summed E-state index contributed by atoms with van der Waals surface area (Å²) in [6.45, 7) is 8.66. The molecule has 0 aromatic heterocycles. The van der Waals surface area contributed by atoms with Gasteiger partial charge in [0.05, 0.1) is 0 Å². The molecule has 1 saturated carbocycles. The van der Waals surface area contributed by atoms with E-state index in [4.69, 9.17) is 0 Å². The summed E-state index contributed by atoms with van der Waals surface area (Å²) in [5.41, 5.74) is 4.22. The minimum absolute atomic E-state index is 0.179. The van der Waals surface area contributed by atoms with Crippen molar-refractivity contribution < 1.29 is 9.59 Å². The third-order valence-corrected chi connectivity index (χ3v) is 5.32. The summed E-state index contributed by atoms with van der Waals surface area (Å²) in [7, 11) is 0. The van der Waals surface area contributed by atoms with Crippen LogP contribution in [-0.2, 0) is 16.1 Å². The summed E-state index contributed by atoms with van der Waals surface area (Å²) in [5, 5.41) is 6.00. The first-order valence-electron chi connectivity index (χ1n) is 9.58. The van der Waals surface area contributed by atoms with Crippen LogP contribution in [0.2, 0.25) is 0 Å². The summed E-state index contributed by atoms with van der Waals surface area (Å²) in [4.78, 5) is 25.7. The Hall–Kier alpha value is -2.62. The second-order valence-corrected chi connectivity index (χ2v) is 7.90. The highest BCUT2D eigenvalue weighted by atomic mass is 16.2. The van der Waals surface area contributed by atoms with E-state index >= 15 is 0 Å². The van der Waals surface area contributed by atoms with E-state index in [-0.39, 0.29) is 11.8 Å². The van der Waals surface area contributed by atoms with Crippen molar-refractivity contribution in [3.05, 3.63) is 64.7 Å². The Morgan fingerprint density at radius 1 is 1.04 bits per heavy atom. The first-order chi connectivity index (χ1) is 12.8. The van der Waals surface area contributed by atoms with Gasteiger partial charge < -0.3 is 10.6 Å². The molecular weight excluding hydrogens is 336 g/mol. The van der Waals surface area contributed by atoms with Crippen LogP contribution in [-0.4, -0.2) is 11.8 Å². The maximum absolute atomic E-state index is 13.0. The molecule has 2 amide bonds. The van der Waals surface area contributed by atoms with E-state index in [2.05, 4.69) is 24.5 Å². The maximum Gasteiger partial charge on any atom is 0.240 e. The highest BCUT2D eigenvalue weighted by molar-refractivity contribution is 6.13. The summed E-state index contributed by atoms with van der Waals surface area (Å²) in [6.07, 6.45) is 1.20. The molecule has 27 heavy (non-hydrogen) atoms. The van der Waals surface area contributed by atoms with Gasteiger partial charge in [-0.1, -0.05) is 61.9 Å². The Morgan fingerprint density at radius 3 is 2.37 bits per heavy atom. The van der Waals surface area contributed by atoms with Crippen molar-refractivity contribution in [1.29, 1.82) is 0 Å². The molecule has 0 bridgehead atoms. The molecule has 0 radical (unpaired) electrons. The molecule has 0 unspecified atom stereocenters. The third-order valence-electron chi connectivity index (χ3n) is 5.32. The summed E-state index contributed by atoms with van der Waals surface area (Å²) < 4.78 is 0.